The number of rotatable bonds is 5. The molecule has 0 aliphatic rings. The van der Waals surface area contributed by atoms with Crippen LogP contribution in [-0.4, -0.2) is 52.9 Å². The van der Waals surface area contributed by atoms with Gasteiger partial charge in [-0.25, -0.2) is 4.98 Å². The van der Waals surface area contributed by atoms with Gasteiger partial charge in [0, 0.05) is 31.0 Å². The Morgan fingerprint density at radius 3 is 2.47 bits per heavy atom. The Hall–Kier alpha value is -2.61. The average molecular weight is 442 g/mol. The molecule has 0 spiro atoms. The van der Waals surface area contributed by atoms with E-state index in [9.17, 15) is 4.79 Å². The van der Waals surface area contributed by atoms with Crippen molar-refractivity contribution in [1.82, 2.24) is 19.9 Å². The Labute approximate surface area is 186 Å². The first-order valence-electron chi connectivity index (χ1n) is 9.47. The fraction of sp³-hybridized carbons (Fsp3) is 0.273. The Bertz CT molecular complexity index is 1210. The average Bonchev–Trinajstić information content (AvgIpc) is 3.11. The lowest BCUT2D eigenvalue weighted by molar-refractivity contribution is 0.0985. The molecule has 8 heteroatoms. The van der Waals surface area contributed by atoms with Crippen molar-refractivity contribution in [3.8, 4) is 0 Å². The number of hydrogen-bond acceptors (Lipinski definition) is 6. The van der Waals surface area contributed by atoms with Crippen LogP contribution in [0.4, 0.5) is 5.13 Å². The highest BCUT2D eigenvalue weighted by Gasteiger charge is 2.22. The van der Waals surface area contributed by atoms with Gasteiger partial charge in [-0.05, 0) is 63.3 Å². The van der Waals surface area contributed by atoms with Crippen LogP contribution >= 0.6 is 23.7 Å². The van der Waals surface area contributed by atoms with Crippen molar-refractivity contribution in [3.05, 3.63) is 59.4 Å². The predicted molar refractivity (Wildman–Crippen MR) is 126 cm³/mol. The number of fused-ring (bicyclic) bond motifs is 2. The molecule has 0 bridgehead atoms. The van der Waals surface area contributed by atoms with Crippen LogP contribution in [0.2, 0.25) is 0 Å². The molecule has 30 heavy (non-hydrogen) atoms. The maximum absolute atomic E-state index is 13.5. The number of carbonyl (C=O) groups is 1. The second kappa shape index (κ2) is 9.04. The van der Waals surface area contributed by atoms with E-state index in [1.54, 1.807) is 34.7 Å². The van der Waals surface area contributed by atoms with Crippen molar-refractivity contribution < 1.29 is 4.79 Å². The van der Waals surface area contributed by atoms with Gasteiger partial charge in [0.25, 0.3) is 5.91 Å². The van der Waals surface area contributed by atoms with Gasteiger partial charge in [0.1, 0.15) is 0 Å². The summed E-state index contributed by atoms with van der Waals surface area (Å²) >= 11 is 1.56. The normalized spacial score (nSPS) is 11.1. The quantitative estimate of drug-likeness (QED) is 0.456. The second-order valence-electron chi connectivity index (χ2n) is 7.44. The number of thiazole rings is 1. The molecular formula is C22H24ClN5OS. The Morgan fingerprint density at radius 2 is 1.73 bits per heavy atom. The summed E-state index contributed by atoms with van der Waals surface area (Å²) in [4.78, 5) is 30.7. The Kier molecular flexibility index (Phi) is 6.65. The van der Waals surface area contributed by atoms with Crippen LogP contribution in [-0.2, 0) is 0 Å². The van der Waals surface area contributed by atoms with Crippen molar-refractivity contribution in [2.45, 2.75) is 13.8 Å². The van der Waals surface area contributed by atoms with Gasteiger partial charge in [0.05, 0.1) is 21.3 Å². The van der Waals surface area contributed by atoms with E-state index in [1.807, 2.05) is 26.2 Å². The van der Waals surface area contributed by atoms with Crippen LogP contribution in [0.25, 0.3) is 21.3 Å². The lowest BCUT2D eigenvalue weighted by Crippen LogP contribution is -2.36. The first kappa shape index (κ1) is 22.1. The Morgan fingerprint density at radius 1 is 1.00 bits per heavy atom. The van der Waals surface area contributed by atoms with Crippen molar-refractivity contribution in [3.63, 3.8) is 0 Å². The van der Waals surface area contributed by atoms with E-state index in [0.717, 1.165) is 33.0 Å². The van der Waals surface area contributed by atoms with E-state index < -0.39 is 0 Å². The first-order valence-corrected chi connectivity index (χ1v) is 10.3. The molecule has 0 N–H and O–H groups in total. The number of halogens is 1. The van der Waals surface area contributed by atoms with E-state index in [4.69, 9.17) is 4.98 Å². The molecule has 0 atom stereocenters. The summed E-state index contributed by atoms with van der Waals surface area (Å²) in [5.74, 6) is -0.0761. The van der Waals surface area contributed by atoms with Gasteiger partial charge in [-0.15, -0.1) is 12.4 Å². The summed E-state index contributed by atoms with van der Waals surface area (Å²) in [6, 6.07) is 9.70. The van der Waals surface area contributed by atoms with Crippen LogP contribution in [0.5, 0.6) is 0 Å². The number of benzene rings is 2. The topological polar surface area (TPSA) is 62.2 Å². The van der Waals surface area contributed by atoms with E-state index in [-0.39, 0.29) is 18.3 Å². The summed E-state index contributed by atoms with van der Waals surface area (Å²) in [5, 5.41) is 0.722. The van der Waals surface area contributed by atoms with Crippen molar-refractivity contribution in [1.29, 1.82) is 0 Å². The molecule has 2 aromatic carbocycles. The first-order chi connectivity index (χ1) is 13.9. The van der Waals surface area contributed by atoms with Gasteiger partial charge in [0.15, 0.2) is 5.13 Å². The number of carbonyl (C=O) groups excluding carboxylic acids is 1. The molecule has 0 radical (unpaired) electrons. The summed E-state index contributed by atoms with van der Waals surface area (Å²) in [5.41, 5.74) is 5.36. The van der Waals surface area contributed by atoms with E-state index in [2.05, 4.69) is 40.8 Å². The summed E-state index contributed by atoms with van der Waals surface area (Å²) in [6.07, 6.45) is 3.29. The molecule has 0 saturated carbocycles. The number of anilines is 1. The molecule has 4 rings (SSSR count). The van der Waals surface area contributed by atoms with Crippen LogP contribution in [0.15, 0.2) is 42.7 Å². The maximum atomic E-state index is 13.5. The fourth-order valence-electron chi connectivity index (χ4n) is 3.31. The van der Waals surface area contributed by atoms with Crippen LogP contribution in [0.3, 0.4) is 0 Å². The lowest BCUT2D eigenvalue weighted by Gasteiger charge is -2.22. The van der Waals surface area contributed by atoms with Crippen LogP contribution < -0.4 is 4.90 Å². The summed E-state index contributed by atoms with van der Waals surface area (Å²) in [6.45, 7) is 5.44. The molecule has 0 fully saturated rings. The van der Waals surface area contributed by atoms with Gasteiger partial charge >= 0.3 is 0 Å². The third-order valence-corrected chi connectivity index (χ3v) is 5.81. The number of amides is 1. The number of hydrogen-bond donors (Lipinski definition) is 0. The molecule has 2 aromatic heterocycles. The van der Waals surface area contributed by atoms with Crippen LogP contribution in [0.1, 0.15) is 21.5 Å². The zero-order valence-corrected chi connectivity index (χ0v) is 19.0. The molecule has 0 aliphatic heterocycles. The molecule has 0 unspecified atom stereocenters. The van der Waals surface area contributed by atoms with E-state index >= 15 is 0 Å². The predicted octanol–water partition coefficient (Wildman–Crippen LogP) is 4.49. The standard InChI is InChI=1S/C22H23N5OS.ClH/c1-14-11-15(2)20-19(12-14)29-22(25-20)27(10-9-26(3)4)21(28)16-5-6-17-18(13-16)24-8-7-23-17;/h5-8,11-13H,9-10H2,1-4H3;1H. The summed E-state index contributed by atoms with van der Waals surface area (Å²) < 4.78 is 1.10. The number of nitrogens with zero attached hydrogens (tertiary/aromatic N) is 5. The van der Waals surface area contributed by atoms with Crippen LogP contribution in [0, 0.1) is 13.8 Å². The molecule has 2 heterocycles. The highest BCUT2D eigenvalue weighted by Crippen LogP contribution is 2.32. The highest BCUT2D eigenvalue weighted by molar-refractivity contribution is 7.22. The van der Waals surface area contributed by atoms with Gasteiger partial charge in [-0.2, -0.15) is 0 Å². The monoisotopic (exact) mass is 441 g/mol. The number of likely N-dealkylation sites (N-methyl/N-ethyl adjacent to an activating group) is 1. The molecular weight excluding hydrogens is 418 g/mol. The third kappa shape index (κ3) is 4.43. The SMILES string of the molecule is Cc1cc(C)c2nc(N(CCN(C)C)C(=O)c3ccc4nccnc4c3)sc2c1.Cl. The van der Waals surface area contributed by atoms with Crippen molar-refractivity contribution in [2.24, 2.45) is 0 Å². The zero-order valence-electron chi connectivity index (χ0n) is 17.4. The number of aromatic nitrogens is 3. The van der Waals surface area contributed by atoms with E-state index in [0.29, 0.717) is 17.6 Å². The van der Waals surface area contributed by atoms with E-state index in [1.165, 1.54) is 5.56 Å². The second-order valence-corrected chi connectivity index (χ2v) is 8.45. The van der Waals surface area contributed by atoms with Gasteiger partial charge in [0.2, 0.25) is 0 Å². The third-order valence-electron chi connectivity index (χ3n) is 4.78. The fourth-order valence-corrected chi connectivity index (χ4v) is 4.48. The van der Waals surface area contributed by atoms with Gasteiger partial charge in [-0.1, -0.05) is 17.4 Å². The van der Waals surface area contributed by atoms with Gasteiger partial charge < -0.3 is 4.90 Å². The molecule has 0 aliphatic carbocycles. The van der Waals surface area contributed by atoms with Gasteiger partial charge in [-0.3, -0.25) is 19.7 Å². The molecule has 6 nitrogen and oxygen atoms in total. The minimum absolute atomic E-state index is 0. The number of aryl methyl sites for hydroxylation is 2. The largest absolute Gasteiger partial charge is 0.308 e. The molecule has 1 amide bonds. The minimum atomic E-state index is -0.0761. The maximum Gasteiger partial charge on any atom is 0.260 e. The smallest absolute Gasteiger partial charge is 0.260 e. The summed E-state index contributed by atoms with van der Waals surface area (Å²) in [7, 11) is 4.00. The Balaban J connectivity index is 0.00000256. The molecule has 156 valence electrons. The highest BCUT2D eigenvalue weighted by atomic mass is 35.5. The zero-order chi connectivity index (χ0) is 20.5. The van der Waals surface area contributed by atoms with Crippen molar-refractivity contribution in [2.75, 3.05) is 32.1 Å². The van der Waals surface area contributed by atoms with Crippen molar-refractivity contribution >= 4 is 56.0 Å². The lowest BCUT2D eigenvalue weighted by atomic mass is 10.1. The minimum Gasteiger partial charge on any atom is -0.308 e. The molecule has 0 saturated heterocycles. The molecule has 4 aromatic rings.